The van der Waals surface area contributed by atoms with Crippen molar-refractivity contribution in [3.63, 3.8) is 0 Å². The van der Waals surface area contributed by atoms with E-state index >= 15 is 0 Å². The predicted octanol–water partition coefficient (Wildman–Crippen LogP) is 7.34. The van der Waals surface area contributed by atoms with Gasteiger partial charge in [-0.3, -0.25) is 9.10 Å². The molecule has 1 fully saturated rings. The fourth-order valence-corrected chi connectivity index (χ4v) is 7.80. The Bertz CT molecular complexity index is 2050. The van der Waals surface area contributed by atoms with Crippen LogP contribution in [0.5, 0.6) is 0 Å². The highest BCUT2D eigenvalue weighted by Gasteiger charge is 2.30. The highest BCUT2D eigenvalue weighted by molar-refractivity contribution is 7.92. The first-order chi connectivity index (χ1) is 22.6. The number of aryl methyl sites for hydroxylation is 1. The molecule has 12 heteroatoms. The van der Waals surface area contributed by atoms with Gasteiger partial charge in [0.2, 0.25) is 5.76 Å². The maximum absolute atomic E-state index is 14.4. The zero-order valence-corrected chi connectivity index (χ0v) is 27.6. The van der Waals surface area contributed by atoms with Crippen molar-refractivity contribution in [2.45, 2.75) is 44.7 Å². The first-order valence-corrected chi connectivity index (χ1v) is 17.1. The minimum Gasteiger partial charge on any atom is -0.475 e. The molecule has 1 N–H and O–H groups in total. The summed E-state index contributed by atoms with van der Waals surface area (Å²) >= 11 is 6.44. The van der Waals surface area contributed by atoms with Crippen molar-refractivity contribution in [1.82, 2.24) is 4.90 Å². The number of benzene rings is 3. The summed E-state index contributed by atoms with van der Waals surface area (Å²) in [6.45, 7) is 5.34. The number of carboxylic acids is 1. The van der Waals surface area contributed by atoms with Crippen LogP contribution in [0, 0.1) is 6.92 Å². The first kappa shape index (κ1) is 32.2. The van der Waals surface area contributed by atoms with E-state index in [1.165, 1.54) is 28.8 Å². The Morgan fingerprint density at radius 2 is 1.74 bits per heavy atom. The summed E-state index contributed by atoms with van der Waals surface area (Å²) in [4.78, 5) is 29.4. The van der Waals surface area contributed by atoms with Gasteiger partial charge < -0.3 is 23.7 Å². The zero-order chi connectivity index (χ0) is 33.3. The van der Waals surface area contributed by atoms with Gasteiger partial charge in [0.05, 0.1) is 34.0 Å². The van der Waals surface area contributed by atoms with E-state index in [1.807, 2.05) is 18.2 Å². The molecule has 1 aliphatic rings. The molecule has 0 unspecified atom stereocenters. The Morgan fingerprint density at radius 1 is 0.979 bits per heavy atom. The third-order valence-corrected chi connectivity index (χ3v) is 10.7. The second-order valence-electron chi connectivity index (χ2n) is 11.4. The lowest BCUT2D eigenvalue weighted by Crippen LogP contribution is -2.34. The summed E-state index contributed by atoms with van der Waals surface area (Å²) in [5.74, 6) is -1.23. The molecule has 5 aromatic rings. The van der Waals surface area contributed by atoms with Gasteiger partial charge in [-0.15, -0.1) is 0 Å². The molecule has 0 radical (unpaired) electrons. The smallest absolute Gasteiger partial charge is 0.372 e. The van der Waals surface area contributed by atoms with Crippen molar-refractivity contribution in [2.24, 2.45) is 0 Å². The molecule has 1 amide bonds. The molecule has 3 aromatic carbocycles. The summed E-state index contributed by atoms with van der Waals surface area (Å²) in [5.41, 5.74) is 2.88. The molecular weight excluding hydrogens is 642 g/mol. The lowest BCUT2D eigenvalue weighted by Gasteiger charge is -2.30. The minimum atomic E-state index is -4.17. The van der Waals surface area contributed by atoms with Gasteiger partial charge in [-0.2, -0.15) is 0 Å². The second kappa shape index (κ2) is 13.2. The number of nitrogens with zero attached hydrogens (tertiary/aromatic N) is 3. The number of sulfonamides is 1. The summed E-state index contributed by atoms with van der Waals surface area (Å²) in [7, 11) is -4.17. The summed E-state index contributed by atoms with van der Waals surface area (Å²) in [6.07, 6.45) is 3.62. The molecule has 0 aliphatic carbocycles. The Balaban J connectivity index is 1.45. The number of hydrogen-bond donors (Lipinski definition) is 1. The van der Waals surface area contributed by atoms with Gasteiger partial charge in [0.1, 0.15) is 11.3 Å². The molecule has 2 aromatic heterocycles. The van der Waals surface area contributed by atoms with Gasteiger partial charge in [0.25, 0.3) is 15.9 Å². The Kier molecular flexibility index (Phi) is 9.03. The number of aromatic carboxylic acids is 1. The highest BCUT2D eigenvalue weighted by Crippen LogP contribution is 2.36. The highest BCUT2D eigenvalue weighted by atomic mass is 35.5. The molecule has 47 heavy (non-hydrogen) atoms. The molecule has 10 nitrogen and oxygen atoms in total. The van der Waals surface area contributed by atoms with Crippen molar-refractivity contribution in [3.8, 4) is 0 Å². The van der Waals surface area contributed by atoms with E-state index < -0.39 is 16.0 Å². The standard InChI is InChI=1S/C35H34ClN3O7S/c1-3-39(47(43,44)27-14-15-32-29(20-27)23(2)33(46-32)35(41)42)31-19-25(37-16-6-7-17-37)13-12-24(31)21-38(22-26-9-8-18-45-26)34(40)28-10-4-5-11-30(28)36/h4-5,8-15,18-20H,3,6-7,16-17,21-22H2,1-2H3,(H,41,42). The quantitative estimate of drug-likeness (QED) is 0.154. The van der Waals surface area contributed by atoms with E-state index in [1.54, 1.807) is 55.1 Å². The summed E-state index contributed by atoms with van der Waals surface area (Å²) in [5, 5.41) is 10.2. The molecule has 3 heterocycles. The molecule has 0 saturated carbocycles. The van der Waals surface area contributed by atoms with E-state index in [4.69, 9.17) is 20.4 Å². The number of carbonyl (C=O) groups is 2. The van der Waals surface area contributed by atoms with Crippen LogP contribution in [0.1, 0.15) is 57.6 Å². The average molecular weight is 676 g/mol. The van der Waals surface area contributed by atoms with Crippen LogP contribution < -0.4 is 9.21 Å². The fourth-order valence-electron chi connectivity index (χ4n) is 6.05. The second-order valence-corrected chi connectivity index (χ2v) is 13.7. The maximum atomic E-state index is 14.4. The lowest BCUT2D eigenvalue weighted by atomic mass is 10.1. The molecule has 0 bridgehead atoms. The Morgan fingerprint density at radius 3 is 2.43 bits per heavy atom. The van der Waals surface area contributed by atoms with Crippen molar-refractivity contribution in [1.29, 1.82) is 0 Å². The van der Waals surface area contributed by atoms with Crippen LogP contribution in [0.25, 0.3) is 11.0 Å². The number of hydrogen-bond acceptors (Lipinski definition) is 7. The number of carboxylic acid groups (broad SMARTS) is 1. The van der Waals surface area contributed by atoms with E-state index in [-0.39, 0.29) is 41.8 Å². The zero-order valence-electron chi connectivity index (χ0n) is 26.0. The number of carbonyl (C=O) groups excluding carboxylic acids is 1. The van der Waals surface area contributed by atoms with E-state index in [9.17, 15) is 23.1 Å². The van der Waals surface area contributed by atoms with Crippen molar-refractivity contribution >= 4 is 55.8 Å². The fraction of sp³-hybridized carbons (Fsp3) is 0.257. The molecule has 6 rings (SSSR count). The number of furan rings is 2. The number of rotatable bonds is 11. The van der Waals surface area contributed by atoms with Gasteiger partial charge in [0, 0.05) is 42.8 Å². The Hall–Kier alpha value is -4.74. The van der Waals surface area contributed by atoms with E-state index in [2.05, 4.69) is 4.90 Å². The van der Waals surface area contributed by atoms with Gasteiger partial charge in [0.15, 0.2) is 0 Å². The van der Waals surface area contributed by atoms with Crippen LogP contribution in [0.4, 0.5) is 11.4 Å². The molecule has 244 valence electrons. The van der Waals surface area contributed by atoms with Crippen LogP contribution in [0.15, 0.2) is 92.8 Å². The summed E-state index contributed by atoms with van der Waals surface area (Å²) < 4.78 is 41.3. The number of amides is 1. The van der Waals surface area contributed by atoms with E-state index in [0.29, 0.717) is 38.5 Å². The minimum absolute atomic E-state index is 0.00944. The molecule has 1 saturated heterocycles. The van der Waals surface area contributed by atoms with Crippen LogP contribution >= 0.6 is 11.6 Å². The molecule has 1 aliphatic heterocycles. The van der Waals surface area contributed by atoms with Gasteiger partial charge in [-0.05, 0) is 86.8 Å². The van der Waals surface area contributed by atoms with Crippen molar-refractivity contribution in [3.05, 3.63) is 112 Å². The van der Waals surface area contributed by atoms with Crippen LogP contribution in [-0.2, 0) is 23.1 Å². The average Bonchev–Trinajstić information content (AvgIpc) is 3.84. The SMILES string of the molecule is CCN(c1cc(N2CCCC2)ccc1CN(Cc1ccco1)C(=O)c1ccccc1Cl)S(=O)(=O)c1ccc2oc(C(=O)O)c(C)c2c1. The van der Waals surface area contributed by atoms with Crippen LogP contribution in [0.3, 0.4) is 0 Å². The monoisotopic (exact) mass is 675 g/mol. The lowest BCUT2D eigenvalue weighted by molar-refractivity contribution is 0.0662. The normalized spacial score (nSPS) is 13.3. The van der Waals surface area contributed by atoms with Gasteiger partial charge >= 0.3 is 5.97 Å². The van der Waals surface area contributed by atoms with Crippen LogP contribution in [0.2, 0.25) is 5.02 Å². The third kappa shape index (κ3) is 6.33. The Labute approximate surface area is 277 Å². The maximum Gasteiger partial charge on any atom is 0.372 e. The number of anilines is 2. The molecule has 0 atom stereocenters. The van der Waals surface area contributed by atoms with Gasteiger partial charge in [-0.1, -0.05) is 29.8 Å². The topological polar surface area (TPSA) is 125 Å². The van der Waals surface area contributed by atoms with Crippen LogP contribution in [-0.4, -0.2) is 49.9 Å². The largest absolute Gasteiger partial charge is 0.475 e. The predicted molar refractivity (Wildman–Crippen MR) is 180 cm³/mol. The number of halogens is 1. The summed E-state index contributed by atoms with van der Waals surface area (Å²) in [6, 6.07) is 20.4. The third-order valence-electron chi connectivity index (χ3n) is 8.47. The molecule has 0 spiro atoms. The first-order valence-electron chi connectivity index (χ1n) is 15.3. The van der Waals surface area contributed by atoms with Gasteiger partial charge in [-0.25, -0.2) is 13.2 Å². The molecular formula is C35H34ClN3O7S. The number of fused-ring (bicyclic) bond motifs is 1. The van der Waals surface area contributed by atoms with Crippen molar-refractivity contribution < 1.29 is 31.9 Å². The van der Waals surface area contributed by atoms with Crippen molar-refractivity contribution in [2.75, 3.05) is 28.8 Å². The van der Waals surface area contributed by atoms with E-state index in [0.717, 1.165) is 31.6 Å².